The van der Waals surface area contributed by atoms with Gasteiger partial charge in [0.05, 0.1) is 24.0 Å². The zero-order chi connectivity index (χ0) is 14.9. The minimum Gasteiger partial charge on any atom is -0.369 e. The second-order valence-corrected chi connectivity index (χ2v) is 5.59. The molecule has 112 valence electrons. The Kier molecular flexibility index (Phi) is 3.36. The van der Waals surface area contributed by atoms with E-state index in [0.717, 1.165) is 35.4 Å². The van der Waals surface area contributed by atoms with Gasteiger partial charge in [-0.15, -0.1) is 0 Å². The number of nitrogens with one attached hydrogen (secondary N) is 1. The number of hydrogen-bond acceptors (Lipinski definition) is 4. The summed E-state index contributed by atoms with van der Waals surface area (Å²) in [6, 6.07) is 10.4. The third-order valence-corrected chi connectivity index (χ3v) is 4.02. The van der Waals surface area contributed by atoms with Gasteiger partial charge < -0.3 is 10.1 Å². The summed E-state index contributed by atoms with van der Waals surface area (Å²) >= 11 is 0. The number of aromatic nitrogens is 3. The fraction of sp³-hybridized carbons (Fsp3) is 0.294. The maximum absolute atomic E-state index is 5.88. The molecule has 3 heterocycles. The monoisotopic (exact) mass is 294 g/mol. The molecule has 5 nitrogen and oxygen atoms in total. The van der Waals surface area contributed by atoms with Gasteiger partial charge in [-0.1, -0.05) is 17.7 Å². The van der Waals surface area contributed by atoms with Crippen molar-refractivity contribution in [3.8, 4) is 5.69 Å². The minimum atomic E-state index is -0.00894. The number of pyridine rings is 1. The molecule has 0 amide bonds. The van der Waals surface area contributed by atoms with Gasteiger partial charge in [-0.3, -0.25) is 4.98 Å². The van der Waals surface area contributed by atoms with E-state index in [1.807, 2.05) is 23.1 Å². The van der Waals surface area contributed by atoms with Crippen LogP contribution in [0.1, 0.15) is 17.4 Å². The molecule has 0 saturated carbocycles. The Balaban J connectivity index is 1.86. The molecule has 1 aromatic carbocycles. The van der Waals surface area contributed by atoms with Crippen LogP contribution in [0.4, 0.5) is 0 Å². The smallest absolute Gasteiger partial charge is 0.114 e. The number of nitrogens with zero attached hydrogens (tertiary/aromatic N) is 3. The molecule has 0 aliphatic carbocycles. The summed E-state index contributed by atoms with van der Waals surface area (Å²) in [6.45, 7) is 4.49. The van der Waals surface area contributed by atoms with Gasteiger partial charge in [0.1, 0.15) is 11.8 Å². The van der Waals surface area contributed by atoms with Gasteiger partial charge >= 0.3 is 0 Å². The number of fused-ring (bicyclic) bond motifs is 1. The van der Waals surface area contributed by atoms with Crippen LogP contribution in [0.15, 0.2) is 42.7 Å². The Morgan fingerprint density at radius 3 is 2.86 bits per heavy atom. The first-order valence-electron chi connectivity index (χ1n) is 7.55. The van der Waals surface area contributed by atoms with Crippen LogP contribution in [0.25, 0.3) is 16.6 Å². The molecule has 1 fully saturated rings. The van der Waals surface area contributed by atoms with Crippen LogP contribution in [-0.2, 0) is 4.74 Å². The van der Waals surface area contributed by atoms with Gasteiger partial charge in [0.2, 0.25) is 0 Å². The molecule has 1 saturated heterocycles. The lowest BCUT2D eigenvalue weighted by Crippen LogP contribution is -2.33. The van der Waals surface area contributed by atoms with Crippen molar-refractivity contribution in [1.82, 2.24) is 20.1 Å². The SMILES string of the molecule is Cc1ccc(-n2nc(C3CNCCO3)c3ccncc32)cc1. The van der Waals surface area contributed by atoms with E-state index in [4.69, 9.17) is 9.84 Å². The van der Waals surface area contributed by atoms with E-state index in [1.165, 1.54) is 5.56 Å². The van der Waals surface area contributed by atoms with Crippen LogP contribution in [0.3, 0.4) is 0 Å². The molecule has 0 radical (unpaired) electrons. The van der Waals surface area contributed by atoms with E-state index in [9.17, 15) is 0 Å². The van der Waals surface area contributed by atoms with Crippen molar-refractivity contribution < 1.29 is 4.74 Å². The molecule has 1 unspecified atom stereocenters. The van der Waals surface area contributed by atoms with Crippen LogP contribution < -0.4 is 5.32 Å². The first-order valence-corrected chi connectivity index (χ1v) is 7.55. The van der Waals surface area contributed by atoms with E-state index >= 15 is 0 Å². The van der Waals surface area contributed by atoms with E-state index < -0.39 is 0 Å². The highest BCUT2D eigenvalue weighted by atomic mass is 16.5. The zero-order valence-corrected chi connectivity index (χ0v) is 12.5. The van der Waals surface area contributed by atoms with Crippen molar-refractivity contribution in [2.24, 2.45) is 0 Å². The second kappa shape index (κ2) is 5.51. The fourth-order valence-electron chi connectivity index (χ4n) is 2.85. The molecule has 2 aromatic heterocycles. The lowest BCUT2D eigenvalue weighted by Gasteiger charge is -2.22. The van der Waals surface area contributed by atoms with E-state index in [0.29, 0.717) is 6.61 Å². The van der Waals surface area contributed by atoms with Gasteiger partial charge in [0.15, 0.2) is 0 Å². The normalized spacial score (nSPS) is 18.7. The summed E-state index contributed by atoms with van der Waals surface area (Å²) in [5.41, 5.74) is 4.26. The molecule has 1 aliphatic rings. The Hall–Kier alpha value is -2.24. The molecule has 3 aromatic rings. The van der Waals surface area contributed by atoms with Crippen LogP contribution in [-0.4, -0.2) is 34.5 Å². The van der Waals surface area contributed by atoms with Gasteiger partial charge in [-0.25, -0.2) is 4.68 Å². The number of ether oxygens (including phenoxy) is 1. The van der Waals surface area contributed by atoms with Gasteiger partial charge in [0, 0.05) is 24.7 Å². The first-order chi connectivity index (χ1) is 10.8. The summed E-state index contributed by atoms with van der Waals surface area (Å²) in [6.07, 6.45) is 3.66. The third-order valence-electron chi connectivity index (χ3n) is 4.02. The zero-order valence-electron chi connectivity index (χ0n) is 12.5. The predicted molar refractivity (Wildman–Crippen MR) is 85.2 cm³/mol. The summed E-state index contributed by atoms with van der Waals surface area (Å²) in [4.78, 5) is 4.26. The van der Waals surface area contributed by atoms with E-state index in [-0.39, 0.29) is 6.10 Å². The standard InChI is InChI=1S/C17H18N4O/c1-12-2-4-13(5-3-12)21-15-10-18-7-6-14(15)17(20-21)16-11-19-8-9-22-16/h2-7,10,16,19H,8-9,11H2,1H3. The van der Waals surface area contributed by atoms with E-state index in [2.05, 4.69) is 41.5 Å². The van der Waals surface area contributed by atoms with Crippen molar-refractivity contribution >= 4 is 10.9 Å². The average molecular weight is 294 g/mol. The Bertz CT molecular complexity index is 788. The molecule has 4 rings (SSSR count). The number of morpholine rings is 1. The Morgan fingerprint density at radius 1 is 1.23 bits per heavy atom. The molecule has 0 spiro atoms. The van der Waals surface area contributed by atoms with Gasteiger partial charge in [-0.2, -0.15) is 5.10 Å². The quantitative estimate of drug-likeness (QED) is 0.788. The summed E-state index contributed by atoms with van der Waals surface area (Å²) in [5.74, 6) is 0. The number of hydrogen-bond donors (Lipinski definition) is 1. The molecular formula is C17H18N4O. The Labute approximate surface area is 128 Å². The van der Waals surface area contributed by atoms with Gasteiger partial charge in [-0.05, 0) is 25.1 Å². The lowest BCUT2D eigenvalue weighted by atomic mass is 10.1. The molecule has 1 aliphatic heterocycles. The highest BCUT2D eigenvalue weighted by Crippen LogP contribution is 2.28. The number of aryl methyl sites for hydroxylation is 1. The topological polar surface area (TPSA) is 52.0 Å². The number of rotatable bonds is 2. The van der Waals surface area contributed by atoms with Crippen LogP contribution in [0.2, 0.25) is 0 Å². The molecule has 0 bridgehead atoms. The summed E-state index contributed by atoms with van der Waals surface area (Å²) < 4.78 is 7.84. The molecule has 22 heavy (non-hydrogen) atoms. The molecule has 5 heteroatoms. The fourth-order valence-corrected chi connectivity index (χ4v) is 2.85. The van der Waals surface area contributed by atoms with Crippen molar-refractivity contribution in [2.45, 2.75) is 13.0 Å². The predicted octanol–water partition coefficient (Wildman–Crippen LogP) is 2.39. The molecule has 1 N–H and O–H groups in total. The minimum absolute atomic E-state index is 0.00894. The summed E-state index contributed by atoms with van der Waals surface area (Å²) in [5, 5.41) is 9.29. The average Bonchev–Trinajstić information content (AvgIpc) is 2.96. The second-order valence-electron chi connectivity index (χ2n) is 5.59. The Morgan fingerprint density at radius 2 is 2.09 bits per heavy atom. The molecule has 1 atom stereocenters. The van der Waals surface area contributed by atoms with Crippen LogP contribution in [0.5, 0.6) is 0 Å². The van der Waals surface area contributed by atoms with Crippen molar-refractivity contribution in [3.05, 3.63) is 54.0 Å². The maximum Gasteiger partial charge on any atom is 0.114 e. The van der Waals surface area contributed by atoms with Crippen molar-refractivity contribution in [3.63, 3.8) is 0 Å². The largest absolute Gasteiger partial charge is 0.369 e. The number of benzene rings is 1. The lowest BCUT2D eigenvalue weighted by molar-refractivity contribution is 0.0257. The van der Waals surface area contributed by atoms with Gasteiger partial charge in [0.25, 0.3) is 0 Å². The first kappa shape index (κ1) is 13.4. The van der Waals surface area contributed by atoms with Crippen LogP contribution >= 0.6 is 0 Å². The maximum atomic E-state index is 5.88. The van der Waals surface area contributed by atoms with Crippen molar-refractivity contribution in [1.29, 1.82) is 0 Å². The van der Waals surface area contributed by atoms with Crippen molar-refractivity contribution in [2.75, 3.05) is 19.7 Å². The highest BCUT2D eigenvalue weighted by molar-refractivity contribution is 5.83. The van der Waals surface area contributed by atoms with E-state index in [1.54, 1.807) is 0 Å². The third kappa shape index (κ3) is 2.28. The van der Waals surface area contributed by atoms with Crippen LogP contribution in [0, 0.1) is 6.92 Å². The summed E-state index contributed by atoms with van der Waals surface area (Å²) in [7, 11) is 0. The molecular weight excluding hydrogens is 276 g/mol. The highest BCUT2D eigenvalue weighted by Gasteiger charge is 2.23.